The van der Waals surface area contributed by atoms with Crippen LogP contribution < -0.4 is 4.74 Å². The lowest BCUT2D eigenvalue weighted by Crippen LogP contribution is -2.30. The zero-order valence-corrected chi connectivity index (χ0v) is 17.7. The Morgan fingerprint density at radius 3 is 2.80 bits per heavy atom. The van der Waals surface area contributed by atoms with Crippen LogP contribution in [0, 0.1) is 0 Å². The van der Waals surface area contributed by atoms with Crippen LogP contribution in [0.1, 0.15) is 54.3 Å². The number of phenolic OH excluding ortho intramolecular Hbond substituents is 1. The molecule has 0 radical (unpaired) electrons. The Morgan fingerprint density at radius 1 is 1.20 bits per heavy atom. The standard InChI is InChI=1S/C23H24ClN3O3/c1-3-10-27-22(14-6-5-7-16(12-14)30-11-4-2)19-20(25-26-21(19)23(27)29)17-13-15(24)8-9-18(17)28/h5-9,12-13,22,28H,3-4,10-11H2,1-2H3,(H,25,26). The molecule has 0 saturated heterocycles. The number of aromatic hydroxyl groups is 1. The van der Waals surface area contributed by atoms with E-state index >= 15 is 0 Å². The van der Waals surface area contributed by atoms with Crippen LogP contribution in [0.3, 0.4) is 0 Å². The number of carbonyl (C=O) groups excluding carboxylic acids is 1. The fourth-order valence-electron chi connectivity index (χ4n) is 3.91. The maximum atomic E-state index is 13.2. The summed E-state index contributed by atoms with van der Waals surface area (Å²) in [7, 11) is 0. The number of aromatic amines is 1. The summed E-state index contributed by atoms with van der Waals surface area (Å²) in [5, 5.41) is 18.2. The molecule has 2 aromatic carbocycles. The Morgan fingerprint density at radius 2 is 2.03 bits per heavy atom. The van der Waals surface area contributed by atoms with Crippen LogP contribution in [-0.4, -0.2) is 39.3 Å². The van der Waals surface area contributed by atoms with Gasteiger partial charge >= 0.3 is 0 Å². The van der Waals surface area contributed by atoms with Gasteiger partial charge in [0.05, 0.1) is 12.6 Å². The van der Waals surface area contributed by atoms with Crippen molar-refractivity contribution in [2.75, 3.05) is 13.2 Å². The third-order valence-electron chi connectivity index (χ3n) is 5.19. The van der Waals surface area contributed by atoms with Crippen LogP contribution in [0.2, 0.25) is 5.02 Å². The van der Waals surface area contributed by atoms with E-state index in [-0.39, 0.29) is 17.7 Å². The number of hydrogen-bond donors (Lipinski definition) is 2. The minimum absolute atomic E-state index is 0.0638. The van der Waals surface area contributed by atoms with E-state index in [1.807, 2.05) is 36.1 Å². The average Bonchev–Trinajstić information content (AvgIpc) is 3.28. The van der Waals surface area contributed by atoms with Crippen molar-refractivity contribution in [3.8, 4) is 22.8 Å². The molecule has 0 spiro atoms. The largest absolute Gasteiger partial charge is 0.507 e. The summed E-state index contributed by atoms with van der Waals surface area (Å²) < 4.78 is 5.81. The minimum Gasteiger partial charge on any atom is -0.507 e. The van der Waals surface area contributed by atoms with Gasteiger partial charge in [0, 0.05) is 22.7 Å². The number of nitrogens with zero attached hydrogens (tertiary/aromatic N) is 2. The van der Waals surface area contributed by atoms with Gasteiger partial charge in [-0.2, -0.15) is 5.10 Å². The van der Waals surface area contributed by atoms with Gasteiger partial charge in [-0.1, -0.05) is 37.6 Å². The molecule has 1 amide bonds. The molecule has 1 unspecified atom stereocenters. The lowest BCUT2D eigenvalue weighted by Gasteiger charge is -2.26. The number of carbonyl (C=O) groups is 1. The fourth-order valence-corrected chi connectivity index (χ4v) is 4.08. The van der Waals surface area contributed by atoms with Crippen molar-refractivity contribution in [1.29, 1.82) is 0 Å². The average molecular weight is 426 g/mol. The maximum Gasteiger partial charge on any atom is 0.273 e. The van der Waals surface area contributed by atoms with Crippen molar-refractivity contribution in [3.63, 3.8) is 0 Å². The predicted octanol–water partition coefficient (Wildman–Crippen LogP) is 5.18. The molecule has 6 nitrogen and oxygen atoms in total. The van der Waals surface area contributed by atoms with Gasteiger partial charge in [-0.3, -0.25) is 9.89 Å². The van der Waals surface area contributed by atoms with Crippen LogP contribution >= 0.6 is 11.6 Å². The number of phenols is 1. The summed E-state index contributed by atoms with van der Waals surface area (Å²) >= 11 is 6.17. The Hall–Kier alpha value is -2.99. The second-order valence-electron chi connectivity index (χ2n) is 7.34. The molecule has 7 heteroatoms. The second kappa shape index (κ2) is 8.40. The first-order valence-corrected chi connectivity index (χ1v) is 10.5. The van der Waals surface area contributed by atoms with E-state index < -0.39 is 0 Å². The Labute approximate surface area is 180 Å². The highest BCUT2D eigenvalue weighted by atomic mass is 35.5. The van der Waals surface area contributed by atoms with Gasteiger partial charge in [0.25, 0.3) is 5.91 Å². The first kappa shape index (κ1) is 20.3. The highest BCUT2D eigenvalue weighted by Gasteiger charge is 2.42. The van der Waals surface area contributed by atoms with Gasteiger partial charge in [-0.15, -0.1) is 0 Å². The Bertz CT molecular complexity index is 1080. The van der Waals surface area contributed by atoms with Crippen LogP contribution in [0.25, 0.3) is 11.3 Å². The van der Waals surface area contributed by atoms with E-state index in [4.69, 9.17) is 16.3 Å². The van der Waals surface area contributed by atoms with Crippen molar-refractivity contribution in [3.05, 3.63) is 64.3 Å². The molecule has 0 saturated carbocycles. The second-order valence-corrected chi connectivity index (χ2v) is 7.78. The number of benzene rings is 2. The molecule has 156 valence electrons. The molecular weight excluding hydrogens is 402 g/mol. The number of aromatic nitrogens is 2. The normalized spacial score (nSPS) is 15.5. The van der Waals surface area contributed by atoms with Crippen molar-refractivity contribution in [2.24, 2.45) is 0 Å². The summed E-state index contributed by atoms with van der Waals surface area (Å²) in [4.78, 5) is 15.0. The molecular formula is C23H24ClN3O3. The maximum absolute atomic E-state index is 13.2. The smallest absolute Gasteiger partial charge is 0.273 e. The van der Waals surface area contributed by atoms with E-state index in [0.29, 0.717) is 35.1 Å². The number of amides is 1. The highest BCUT2D eigenvalue weighted by molar-refractivity contribution is 6.31. The predicted molar refractivity (Wildman–Crippen MR) is 116 cm³/mol. The molecule has 30 heavy (non-hydrogen) atoms. The van der Waals surface area contributed by atoms with E-state index in [1.165, 1.54) is 6.07 Å². The van der Waals surface area contributed by atoms with Crippen molar-refractivity contribution < 1.29 is 14.6 Å². The van der Waals surface area contributed by atoms with E-state index in [2.05, 4.69) is 17.1 Å². The van der Waals surface area contributed by atoms with Crippen molar-refractivity contribution in [1.82, 2.24) is 15.1 Å². The Kier molecular flexibility index (Phi) is 5.68. The molecule has 1 aliphatic rings. The summed E-state index contributed by atoms with van der Waals surface area (Å²) in [6.07, 6.45) is 1.74. The summed E-state index contributed by atoms with van der Waals surface area (Å²) in [5.74, 6) is 0.730. The Balaban J connectivity index is 1.86. The number of hydrogen-bond acceptors (Lipinski definition) is 4. The molecule has 0 aliphatic carbocycles. The van der Waals surface area contributed by atoms with Gasteiger partial charge < -0.3 is 14.7 Å². The zero-order valence-electron chi connectivity index (χ0n) is 17.0. The number of fused-ring (bicyclic) bond motifs is 1. The lowest BCUT2D eigenvalue weighted by molar-refractivity contribution is 0.0743. The lowest BCUT2D eigenvalue weighted by atomic mass is 9.95. The first-order chi connectivity index (χ1) is 14.5. The van der Waals surface area contributed by atoms with Gasteiger partial charge in [0.1, 0.15) is 22.9 Å². The molecule has 1 atom stereocenters. The highest BCUT2D eigenvalue weighted by Crippen LogP contribution is 2.45. The molecule has 1 aromatic heterocycles. The first-order valence-electron chi connectivity index (χ1n) is 10.2. The molecule has 4 rings (SSSR count). The molecule has 3 aromatic rings. The molecule has 2 N–H and O–H groups in total. The van der Waals surface area contributed by atoms with E-state index in [1.54, 1.807) is 12.1 Å². The van der Waals surface area contributed by atoms with Gasteiger partial charge in [0.2, 0.25) is 0 Å². The number of halogens is 1. The summed E-state index contributed by atoms with van der Waals surface area (Å²) in [5.41, 5.74) is 3.16. The van der Waals surface area contributed by atoms with Crippen LogP contribution in [0.4, 0.5) is 0 Å². The minimum atomic E-state index is -0.329. The van der Waals surface area contributed by atoms with Gasteiger partial charge in [-0.05, 0) is 48.7 Å². The van der Waals surface area contributed by atoms with Crippen LogP contribution in [0.15, 0.2) is 42.5 Å². The van der Waals surface area contributed by atoms with E-state index in [0.717, 1.165) is 29.7 Å². The number of ether oxygens (including phenoxy) is 1. The SMILES string of the molecule is CCCOc1cccc(C2c3c(-c4cc(Cl)ccc4O)n[nH]c3C(=O)N2CCC)c1. The van der Waals surface area contributed by atoms with Crippen molar-refractivity contribution in [2.45, 2.75) is 32.7 Å². The number of H-pyrrole nitrogens is 1. The van der Waals surface area contributed by atoms with Crippen LogP contribution in [-0.2, 0) is 0 Å². The van der Waals surface area contributed by atoms with E-state index in [9.17, 15) is 9.90 Å². The molecule has 2 heterocycles. The monoisotopic (exact) mass is 425 g/mol. The van der Waals surface area contributed by atoms with Gasteiger partial charge in [0.15, 0.2) is 0 Å². The molecule has 0 bridgehead atoms. The third-order valence-corrected chi connectivity index (χ3v) is 5.42. The molecule has 0 fully saturated rings. The zero-order chi connectivity index (χ0) is 21.3. The summed E-state index contributed by atoms with van der Waals surface area (Å²) in [6.45, 7) is 5.33. The number of nitrogens with one attached hydrogen (secondary N) is 1. The van der Waals surface area contributed by atoms with Crippen molar-refractivity contribution >= 4 is 17.5 Å². The van der Waals surface area contributed by atoms with Gasteiger partial charge in [-0.25, -0.2) is 0 Å². The topological polar surface area (TPSA) is 78.5 Å². The number of rotatable bonds is 7. The van der Waals surface area contributed by atoms with Crippen LogP contribution in [0.5, 0.6) is 11.5 Å². The summed E-state index contributed by atoms with van der Waals surface area (Å²) in [6, 6.07) is 12.3. The third kappa shape index (κ3) is 3.52. The quantitative estimate of drug-likeness (QED) is 0.546. The fraction of sp³-hybridized carbons (Fsp3) is 0.304. The molecule has 1 aliphatic heterocycles.